The van der Waals surface area contributed by atoms with E-state index in [-0.39, 0.29) is 18.0 Å². The van der Waals surface area contributed by atoms with Crippen LogP contribution in [0.2, 0.25) is 0 Å². The summed E-state index contributed by atoms with van der Waals surface area (Å²) in [5.74, 6) is 1.41. The van der Waals surface area contributed by atoms with Gasteiger partial charge in [0.15, 0.2) is 11.6 Å². The number of nitrogens with zero attached hydrogens (tertiary/aromatic N) is 6. The van der Waals surface area contributed by atoms with E-state index in [4.69, 9.17) is 4.98 Å². The van der Waals surface area contributed by atoms with Gasteiger partial charge in [0.2, 0.25) is 5.91 Å². The van der Waals surface area contributed by atoms with E-state index >= 15 is 0 Å². The number of aromatic nitrogens is 5. The smallest absolute Gasteiger partial charge is 0.249 e. The summed E-state index contributed by atoms with van der Waals surface area (Å²) in [6, 6.07) is -0.0935. The maximum Gasteiger partial charge on any atom is 0.249 e. The molecule has 9 heteroatoms. The highest BCUT2D eigenvalue weighted by atomic mass is 32.1. The molecule has 3 aromatic rings. The lowest BCUT2D eigenvalue weighted by Gasteiger charge is -2.42. The molecule has 0 fully saturated rings. The van der Waals surface area contributed by atoms with Gasteiger partial charge in [0.05, 0.1) is 34.9 Å². The Labute approximate surface area is 161 Å². The van der Waals surface area contributed by atoms with Gasteiger partial charge in [-0.25, -0.2) is 15.0 Å². The first-order chi connectivity index (χ1) is 13.0. The second kappa shape index (κ2) is 6.73. The van der Waals surface area contributed by atoms with Crippen molar-refractivity contribution in [3.63, 3.8) is 0 Å². The van der Waals surface area contributed by atoms with Gasteiger partial charge in [0.25, 0.3) is 0 Å². The normalized spacial score (nSPS) is 16.9. The van der Waals surface area contributed by atoms with Crippen LogP contribution >= 0.6 is 11.3 Å². The molecular formula is C18H21N7OS. The average molecular weight is 383 g/mol. The highest BCUT2D eigenvalue weighted by molar-refractivity contribution is 7.07. The third-order valence-electron chi connectivity index (χ3n) is 4.82. The topological polar surface area (TPSA) is 90.9 Å². The second-order valence-electron chi connectivity index (χ2n) is 6.76. The van der Waals surface area contributed by atoms with E-state index in [0.29, 0.717) is 5.82 Å². The van der Waals surface area contributed by atoms with E-state index in [1.807, 2.05) is 12.3 Å². The van der Waals surface area contributed by atoms with Crippen LogP contribution in [0.4, 0.5) is 11.5 Å². The number of hydrogen-bond acceptors (Lipinski definition) is 7. The highest BCUT2D eigenvalue weighted by Crippen LogP contribution is 2.37. The van der Waals surface area contributed by atoms with Crippen LogP contribution in [0.1, 0.15) is 27.2 Å². The maximum atomic E-state index is 12.8. The molecule has 27 heavy (non-hydrogen) atoms. The first-order valence-electron chi connectivity index (χ1n) is 8.88. The number of thiazole rings is 1. The molecule has 0 saturated heterocycles. The number of H-pyrrole nitrogens is 1. The van der Waals surface area contributed by atoms with Gasteiger partial charge in [-0.05, 0) is 20.3 Å². The lowest BCUT2D eigenvalue weighted by Crippen LogP contribution is -2.54. The molecule has 1 amide bonds. The van der Waals surface area contributed by atoms with E-state index in [1.54, 1.807) is 29.9 Å². The molecule has 1 unspecified atom stereocenters. The molecule has 140 valence electrons. The third-order valence-corrected chi connectivity index (χ3v) is 5.41. The number of fused-ring (bicyclic) bond motifs is 1. The number of likely N-dealkylation sites (N-methyl/N-ethyl adjacent to an activating group) is 1. The predicted octanol–water partition coefficient (Wildman–Crippen LogP) is 2.96. The fourth-order valence-corrected chi connectivity index (χ4v) is 4.04. The van der Waals surface area contributed by atoms with Crippen molar-refractivity contribution in [3.05, 3.63) is 23.3 Å². The molecule has 1 aliphatic rings. The van der Waals surface area contributed by atoms with E-state index in [2.05, 4.69) is 38.9 Å². The number of hydrogen-bond donors (Lipinski definition) is 1. The van der Waals surface area contributed by atoms with E-state index < -0.39 is 0 Å². The SMILES string of the molecule is CCC1C(=O)N(C)c2cnc(-c3cn[nH]c3-c3cscn3)nc2N1C(C)C. The van der Waals surface area contributed by atoms with Gasteiger partial charge in [0.1, 0.15) is 11.7 Å². The van der Waals surface area contributed by atoms with Crippen LogP contribution < -0.4 is 9.80 Å². The molecule has 8 nitrogen and oxygen atoms in total. The van der Waals surface area contributed by atoms with Gasteiger partial charge < -0.3 is 9.80 Å². The largest absolute Gasteiger partial charge is 0.340 e. The zero-order chi connectivity index (χ0) is 19.1. The Bertz CT molecular complexity index is 966. The molecule has 1 aliphatic heterocycles. The molecule has 0 saturated carbocycles. The molecule has 0 aromatic carbocycles. The first kappa shape index (κ1) is 17.6. The van der Waals surface area contributed by atoms with Crippen molar-refractivity contribution in [1.29, 1.82) is 0 Å². The van der Waals surface area contributed by atoms with Crippen molar-refractivity contribution in [2.24, 2.45) is 0 Å². The maximum absolute atomic E-state index is 12.8. The lowest BCUT2D eigenvalue weighted by molar-refractivity contribution is -0.120. The van der Waals surface area contributed by atoms with Crippen molar-refractivity contribution >= 4 is 28.7 Å². The fourth-order valence-electron chi connectivity index (χ4n) is 3.49. The van der Waals surface area contributed by atoms with Crippen molar-refractivity contribution in [2.75, 3.05) is 16.8 Å². The first-order valence-corrected chi connectivity index (χ1v) is 9.82. The predicted molar refractivity (Wildman–Crippen MR) is 106 cm³/mol. The molecule has 4 rings (SSSR count). The van der Waals surface area contributed by atoms with E-state index in [9.17, 15) is 4.79 Å². The van der Waals surface area contributed by atoms with Gasteiger partial charge in [-0.15, -0.1) is 11.3 Å². The number of carbonyl (C=O) groups excluding carboxylic acids is 1. The summed E-state index contributed by atoms with van der Waals surface area (Å²) in [6.45, 7) is 6.17. The minimum atomic E-state index is -0.229. The molecule has 4 heterocycles. The summed E-state index contributed by atoms with van der Waals surface area (Å²) in [7, 11) is 1.78. The Morgan fingerprint density at radius 3 is 2.78 bits per heavy atom. The molecule has 0 spiro atoms. The van der Waals surface area contributed by atoms with Gasteiger partial charge in [-0.3, -0.25) is 9.89 Å². The lowest BCUT2D eigenvalue weighted by atomic mass is 10.1. The van der Waals surface area contributed by atoms with Crippen LogP contribution in [0, 0.1) is 0 Å². The zero-order valence-electron chi connectivity index (χ0n) is 15.7. The fraction of sp³-hybridized carbons (Fsp3) is 0.389. The summed E-state index contributed by atoms with van der Waals surface area (Å²) < 4.78 is 0. The van der Waals surface area contributed by atoms with Crippen LogP contribution in [0.5, 0.6) is 0 Å². The third kappa shape index (κ3) is 2.78. The van der Waals surface area contributed by atoms with Crippen LogP contribution in [-0.4, -0.2) is 50.2 Å². The van der Waals surface area contributed by atoms with Gasteiger partial charge in [-0.1, -0.05) is 6.92 Å². The van der Waals surface area contributed by atoms with E-state index in [0.717, 1.165) is 34.9 Å². The Hall–Kier alpha value is -2.81. The summed E-state index contributed by atoms with van der Waals surface area (Å²) in [6.07, 6.45) is 4.15. The average Bonchev–Trinajstić information content (AvgIpc) is 3.34. The van der Waals surface area contributed by atoms with Crippen LogP contribution in [0.25, 0.3) is 22.8 Å². The molecule has 0 radical (unpaired) electrons. The Morgan fingerprint density at radius 2 is 2.11 bits per heavy atom. The summed E-state index contributed by atoms with van der Waals surface area (Å²) in [5, 5.41) is 9.11. The summed E-state index contributed by atoms with van der Waals surface area (Å²) >= 11 is 1.52. The monoisotopic (exact) mass is 383 g/mol. The molecule has 3 aromatic heterocycles. The molecule has 0 bridgehead atoms. The minimum Gasteiger partial charge on any atom is -0.340 e. The molecular weight excluding hydrogens is 362 g/mol. The van der Waals surface area contributed by atoms with E-state index in [1.165, 1.54) is 11.3 Å². The molecule has 1 N–H and O–H groups in total. The van der Waals surface area contributed by atoms with Crippen LogP contribution in [0.3, 0.4) is 0 Å². The Kier molecular flexibility index (Phi) is 4.39. The second-order valence-corrected chi connectivity index (χ2v) is 7.48. The minimum absolute atomic E-state index is 0.0709. The van der Waals surface area contributed by atoms with Crippen LogP contribution in [0.15, 0.2) is 23.3 Å². The quantitative estimate of drug-likeness (QED) is 0.745. The number of anilines is 2. The Balaban J connectivity index is 1.86. The van der Waals surface area contributed by atoms with Crippen molar-refractivity contribution < 1.29 is 4.79 Å². The zero-order valence-corrected chi connectivity index (χ0v) is 16.5. The van der Waals surface area contributed by atoms with Crippen molar-refractivity contribution in [2.45, 2.75) is 39.3 Å². The van der Waals surface area contributed by atoms with Crippen molar-refractivity contribution in [3.8, 4) is 22.8 Å². The molecule has 1 atom stereocenters. The number of rotatable bonds is 4. The number of nitrogens with one attached hydrogen (secondary N) is 1. The highest BCUT2D eigenvalue weighted by Gasteiger charge is 2.38. The van der Waals surface area contributed by atoms with Crippen LogP contribution in [-0.2, 0) is 4.79 Å². The summed E-state index contributed by atoms with van der Waals surface area (Å²) in [5.41, 5.74) is 4.90. The van der Waals surface area contributed by atoms with Crippen molar-refractivity contribution in [1.82, 2.24) is 25.1 Å². The number of aromatic amines is 1. The standard InChI is InChI=1S/C18H21N7OS/c1-5-13-18(26)24(4)14-7-19-16(22-17(14)25(13)10(2)3)11-6-21-23-15(11)12-8-27-9-20-12/h6-10,13H,5H2,1-4H3,(H,21,23). The number of carbonyl (C=O) groups is 1. The van der Waals surface area contributed by atoms with Gasteiger partial charge in [-0.2, -0.15) is 5.10 Å². The molecule has 0 aliphatic carbocycles. The Morgan fingerprint density at radius 1 is 1.30 bits per heavy atom. The van der Waals surface area contributed by atoms with Gasteiger partial charge in [0, 0.05) is 18.5 Å². The summed E-state index contributed by atoms with van der Waals surface area (Å²) in [4.78, 5) is 30.2. The number of amides is 1. The van der Waals surface area contributed by atoms with Gasteiger partial charge >= 0.3 is 0 Å².